The number of hydrogen-bond acceptors (Lipinski definition) is 4. The second-order valence-corrected chi connectivity index (χ2v) is 5.87. The Hall–Kier alpha value is -2.20. The Morgan fingerprint density at radius 3 is 2.04 bits per heavy atom. The number of nitriles is 1. The molecule has 0 N–H and O–H groups in total. The summed E-state index contributed by atoms with van der Waals surface area (Å²) in [5, 5.41) is 9.48. The van der Waals surface area contributed by atoms with Crippen LogP contribution >= 0.6 is 22.6 Å². The summed E-state index contributed by atoms with van der Waals surface area (Å²) < 4.78 is 17.1. The van der Waals surface area contributed by atoms with E-state index in [1.165, 1.54) is 0 Å². The van der Waals surface area contributed by atoms with Gasteiger partial charge in [0.1, 0.15) is 5.75 Å². The molecular formula is C18H16INO3. The monoisotopic (exact) mass is 421 g/mol. The standard InChI is InChI=1S/C18H16INO3/c1-21-16-10-18(23-3)17(22-2)9-13(16)8-14(11-20)12-4-6-15(19)7-5-12/h4-10H,1-3H3. The molecule has 0 saturated heterocycles. The Morgan fingerprint density at radius 2 is 1.52 bits per heavy atom. The highest BCUT2D eigenvalue weighted by Crippen LogP contribution is 2.36. The first-order valence-electron chi connectivity index (χ1n) is 6.80. The van der Waals surface area contributed by atoms with Gasteiger partial charge in [-0.3, -0.25) is 0 Å². The average molecular weight is 421 g/mol. The van der Waals surface area contributed by atoms with Crippen molar-refractivity contribution in [2.75, 3.05) is 21.3 Å². The smallest absolute Gasteiger partial charge is 0.164 e. The minimum absolute atomic E-state index is 0.548. The molecule has 0 aliphatic carbocycles. The molecule has 2 aromatic carbocycles. The lowest BCUT2D eigenvalue weighted by Crippen LogP contribution is -1.95. The molecule has 23 heavy (non-hydrogen) atoms. The molecule has 118 valence electrons. The van der Waals surface area contributed by atoms with Gasteiger partial charge in [-0.1, -0.05) is 12.1 Å². The normalized spacial score (nSPS) is 10.8. The number of allylic oxidation sites excluding steroid dienone is 1. The number of methoxy groups -OCH3 is 3. The van der Waals surface area contributed by atoms with Gasteiger partial charge in [-0.2, -0.15) is 5.26 Å². The topological polar surface area (TPSA) is 51.5 Å². The molecule has 2 aromatic rings. The third-order valence-corrected chi connectivity index (χ3v) is 4.03. The minimum atomic E-state index is 0.548. The number of nitrogens with zero attached hydrogens (tertiary/aromatic N) is 1. The highest BCUT2D eigenvalue weighted by atomic mass is 127. The molecule has 0 aliphatic rings. The Bertz CT molecular complexity index is 761. The van der Waals surface area contributed by atoms with Gasteiger partial charge in [-0.25, -0.2) is 0 Å². The first kappa shape index (κ1) is 17.2. The summed E-state index contributed by atoms with van der Waals surface area (Å²) in [6.45, 7) is 0. The molecule has 0 aromatic heterocycles. The maximum atomic E-state index is 9.48. The molecule has 0 unspecified atom stereocenters. The second kappa shape index (κ2) is 7.88. The van der Waals surface area contributed by atoms with Crippen LogP contribution in [0.1, 0.15) is 11.1 Å². The van der Waals surface area contributed by atoms with Crippen LogP contribution in [0.2, 0.25) is 0 Å². The van der Waals surface area contributed by atoms with Gasteiger partial charge in [-0.15, -0.1) is 0 Å². The molecule has 0 bridgehead atoms. The zero-order valence-corrected chi connectivity index (χ0v) is 15.2. The van der Waals surface area contributed by atoms with Gasteiger partial charge in [0.15, 0.2) is 11.5 Å². The van der Waals surface area contributed by atoms with Crippen LogP contribution in [0.5, 0.6) is 17.2 Å². The van der Waals surface area contributed by atoms with Gasteiger partial charge in [0, 0.05) is 15.2 Å². The van der Waals surface area contributed by atoms with E-state index in [0.717, 1.165) is 14.7 Å². The van der Waals surface area contributed by atoms with Crippen molar-refractivity contribution in [2.24, 2.45) is 0 Å². The molecule has 0 aliphatic heterocycles. The fourth-order valence-corrected chi connectivity index (χ4v) is 2.49. The third-order valence-electron chi connectivity index (χ3n) is 3.31. The highest BCUT2D eigenvalue weighted by Gasteiger charge is 2.12. The molecular weight excluding hydrogens is 405 g/mol. The lowest BCUT2D eigenvalue weighted by Gasteiger charge is -2.12. The molecule has 0 heterocycles. The molecule has 0 atom stereocenters. The lowest BCUT2D eigenvalue weighted by atomic mass is 10.0. The first-order valence-corrected chi connectivity index (χ1v) is 7.88. The van der Waals surface area contributed by atoms with E-state index < -0.39 is 0 Å². The van der Waals surface area contributed by atoms with Crippen LogP contribution in [0.25, 0.3) is 11.6 Å². The maximum absolute atomic E-state index is 9.48. The van der Waals surface area contributed by atoms with E-state index >= 15 is 0 Å². The van der Waals surface area contributed by atoms with Crippen molar-refractivity contribution in [1.82, 2.24) is 0 Å². The van der Waals surface area contributed by atoms with E-state index in [0.29, 0.717) is 22.8 Å². The van der Waals surface area contributed by atoms with Gasteiger partial charge in [0.2, 0.25) is 0 Å². The van der Waals surface area contributed by atoms with Crippen LogP contribution < -0.4 is 14.2 Å². The van der Waals surface area contributed by atoms with Gasteiger partial charge in [0.05, 0.1) is 33.0 Å². The summed E-state index contributed by atoms with van der Waals surface area (Å²) in [7, 11) is 4.72. The Balaban J connectivity index is 2.55. The van der Waals surface area contributed by atoms with E-state index in [1.54, 1.807) is 39.5 Å². The lowest BCUT2D eigenvalue weighted by molar-refractivity contribution is 0.348. The van der Waals surface area contributed by atoms with Crippen LogP contribution in [-0.4, -0.2) is 21.3 Å². The molecule has 0 fully saturated rings. The summed E-state index contributed by atoms with van der Waals surface area (Å²) in [6, 6.07) is 13.5. The van der Waals surface area contributed by atoms with Crippen molar-refractivity contribution < 1.29 is 14.2 Å². The summed E-state index contributed by atoms with van der Waals surface area (Å²) in [4.78, 5) is 0. The maximum Gasteiger partial charge on any atom is 0.164 e. The molecule has 0 saturated carbocycles. The molecule has 0 amide bonds. The molecule has 2 rings (SSSR count). The highest BCUT2D eigenvalue weighted by molar-refractivity contribution is 14.1. The molecule has 5 heteroatoms. The van der Waals surface area contributed by atoms with E-state index in [4.69, 9.17) is 14.2 Å². The van der Waals surface area contributed by atoms with Crippen LogP contribution in [0, 0.1) is 14.9 Å². The van der Waals surface area contributed by atoms with Crippen LogP contribution in [-0.2, 0) is 0 Å². The SMILES string of the molecule is COc1cc(OC)c(OC)cc1C=C(C#N)c1ccc(I)cc1. The zero-order chi connectivity index (χ0) is 16.8. The van der Waals surface area contributed by atoms with Gasteiger partial charge >= 0.3 is 0 Å². The van der Waals surface area contributed by atoms with Crippen LogP contribution in [0.4, 0.5) is 0 Å². The second-order valence-electron chi connectivity index (χ2n) is 4.63. The molecule has 0 spiro atoms. The molecule has 0 radical (unpaired) electrons. The first-order chi connectivity index (χ1) is 11.1. The summed E-state index contributed by atoms with van der Waals surface area (Å²) in [6.07, 6.45) is 1.78. The number of hydrogen-bond donors (Lipinski definition) is 0. The minimum Gasteiger partial charge on any atom is -0.496 e. The zero-order valence-electron chi connectivity index (χ0n) is 13.1. The van der Waals surface area contributed by atoms with Crippen molar-refractivity contribution >= 4 is 34.2 Å². The van der Waals surface area contributed by atoms with E-state index in [9.17, 15) is 5.26 Å². The van der Waals surface area contributed by atoms with E-state index in [1.807, 2.05) is 24.3 Å². The van der Waals surface area contributed by atoms with E-state index in [-0.39, 0.29) is 0 Å². The van der Waals surface area contributed by atoms with Crippen molar-refractivity contribution in [3.8, 4) is 23.3 Å². The van der Waals surface area contributed by atoms with Crippen molar-refractivity contribution in [2.45, 2.75) is 0 Å². The average Bonchev–Trinajstić information content (AvgIpc) is 2.59. The largest absolute Gasteiger partial charge is 0.496 e. The van der Waals surface area contributed by atoms with Gasteiger partial charge in [-0.05, 0) is 52.4 Å². The van der Waals surface area contributed by atoms with E-state index in [2.05, 4.69) is 28.7 Å². The Morgan fingerprint density at radius 1 is 0.957 bits per heavy atom. The van der Waals surface area contributed by atoms with Crippen molar-refractivity contribution in [1.29, 1.82) is 5.26 Å². The fourth-order valence-electron chi connectivity index (χ4n) is 2.13. The van der Waals surface area contributed by atoms with Gasteiger partial charge < -0.3 is 14.2 Å². The number of benzene rings is 2. The van der Waals surface area contributed by atoms with Crippen molar-refractivity contribution in [3.63, 3.8) is 0 Å². The van der Waals surface area contributed by atoms with Crippen molar-refractivity contribution in [3.05, 3.63) is 51.1 Å². The number of rotatable bonds is 5. The fraction of sp³-hybridized carbons (Fsp3) is 0.167. The predicted octanol–water partition coefficient (Wildman–Crippen LogP) is 4.38. The van der Waals surface area contributed by atoms with Gasteiger partial charge in [0.25, 0.3) is 0 Å². The Kier molecular flexibility index (Phi) is 5.88. The summed E-state index contributed by atoms with van der Waals surface area (Å²) in [5.41, 5.74) is 2.15. The number of halogens is 1. The summed E-state index contributed by atoms with van der Waals surface area (Å²) >= 11 is 2.23. The Labute approximate surface area is 149 Å². The van der Waals surface area contributed by atoms with Crippen LogP contribution in [0.3, 0.4) is 0 Å². The third kappa shape index (κ3) is 3.96. The quantitative estimate of drug-likeness (QED) is 0.409. The number of ether oxygens (including phenoxy) is 3. The molecule has 4 nitrogen and oxygen atoms in total. The predicted molar refractivity (Wildman–Crippen MR) is 98.7 cm³/mol. The summed E-state index contributed by atoms with van der Waals surface area (Å²) in [5.74, 6) is 1.77. The van der Waals surface area contributed by atoms with Crippen LogP contribution in [0.15, 0.2) is 36.4 Å².